The first kappa shape index (κ1) is 7.07. The number of aromatic nitrogens is 3. The number of nitrogens with zero attached hydrogens (tertiary/aromatic N) is 2. The van der Waals surface area contributed by atoms with Crippen molar-refractivity contribution < 1.29 is 9.53 Å². The third kappa shape index (κ3) is 1.73. The molecule has 0 bridgehead atoms. The molecule has 0 unspecified atom stereocenters. The van der Waals surface area contributed by atoms with E-state index in [1.54, 1.807) is 0 Å². The lowest BCUT2D eigenvalue weighted by Crippen LogP contribution is -2.08. The maximum atomic E-state index is 10.5. The second kappa shape index (κ2) is 3.21. The lowest BCUT2D eigenvalue weighted by molar-refractivity contribution is -0.131. The Morgan fingerprint density at radius 3 is 3.20 bits per heavy atom. The molecule has 0 fully saturated rings. The summed E-state index contributed by atoms with van der Waals surface area (Å²) in [6.07, 6.45) is 1.38. The molecule has 0 spiro atoms. The Hall–Kier alpha value is -1.04. The minimum Gasteiger partial charge on any atom is -0.403 e. The van der Waals surface area contributed by atoms with Crippen LogP contribution in [0.1, 0.15) is 0 Å². The van der Waals surface area contributed by atoms with E-state index < -0.39 is 5.97 Å². The molecule has 1 aromatic heterocycles. The van der Waals surface area contributed by atoms with Crippen LogP contribution in [-0.2, 0) is 4.79 Å². The van der Waals surface area contributed by atoms with E-state index in [-0.39, 0.29) is 11.6 Å². The normalized spacial score (nSPS) is 9.30. The predicted octanol–water partition coefficient (Wildman–Crippen LogP) is -0.360. The van der Waals surface area contributed by atoms with Gasteiger partial charge < -0.3 is 4.74 Å². The number of H-pyrrole nitrogens is 1. The molecule has 0 aromatic carbocycles. The average Bonchev–Trinajstić information content (AvgIpc) is 2.40. The third-order valence-electron chi connectivity index (χ3n) is 0.742. The Bertz CT molecular complexity index is 210. The number of carbonyl (C=O) groups excluding carboxylic acids is 1. The van der Waals surface area contributed by atoms with Gasteiger partial charge in [-0.3, -0.25) is 9.89 Å². The number of carbonyl (C=O) groups is 1. The fourth-order valence-corrected chi connectivity index (χ4v) is 0.454. The van der Waals surface area contributed by atoms with E-state index in [0.29, 0.717) is 0 Å². The number of ether oxygens (including phenoxy) is 1. The van der Waals surface area contributed by atoms with Gasteiger partial charge in [-0.1, -0.05) is 10.3 Å². The molecule has 6 heteroatoms. The van der Waals surface area contributed by atoms with Crippen molar-refractivity contribution in [1.29, 1.82) is 0 Å². The molecule has 0 saturated heterocycles. The van der Waals surface area contributed by atoms with Gasteiger partial charge >= 0.3 is 5.97 Å². The van der Waals surface area contributed by atoms with Crippen molar-refractivity contribution in [2.24, 2.45) is 0 Å². The minimum absolute atomic E-state index is 0.0346. The second-order valence-electron chi connectivity index (χ2n) is 1.44. The summed E-state index contributed by atoms with van der Waals surface area (Å²) in [5.74, 6) is -0.247. The van der Waals surface area contributed by atoms with Gasteiger partial charge in [0, 0.05) is 0 Å². The highest BCUT2D eigenvalue weighted by molar-refractivity contribution is 7.81. The maximum absolute atomic E-state index is 10.5. The summed E-state index contributed by atoms with van der Waals surface area (Å²) in [6.45, 7) is 0. The molecule has 0 radical (unpaired) electrons. The molecule has 1 N–H and O–H groups in total. The molecule has 0 aliphatic carbocycles. The lowest BCUT2D eigenvalue weighted by Gasteiger charge is -1.92. The molecule has 1 rings (SSSR count). The van der Waals surface area contributed by atoms with E-state index in [4.69, 9.17) is 0 Å². The zero-order valence-corrected chi connectivity index (χ0v) is 5.84. The topological polar surface area (TPSA) is 67.9 Å². The predicted molar refractivity (Wildman–Crippen MR) is 35.9 cm³/mol. The van der Waals surface area contributed by atoms with Crippen LogP contribution in [0, 0.1) is 0 Å². The maximum Gasteiger partial charge on any atom is 0.322 e. The van der Waals surface area contributed by atoms with Gasteiger partial charge in [0.1, 0.15) is 0 Å². The van der Waals surface area contributed by atoms with Crippen LogP contribution in [0.5, 0.6) is 5.88 Å². The Morgan fingerprint density at radius 1 is 1.90 bits per heavy atom. The Labute approximate surface area is 62.2 Å². The van der Waals surface area contributed by atoms with Crippen LogP contribution in [-0.4, -0.2) is 27.1 Å². The molecule has 1 aromatic rings. The third-order valence-corrected chi connectivity index (χ3v) is 1.00. The molecular weight excluding hydrogens is 154 g/mol. The highest BCUT2D eigenvalue weighted by Gasteiger charge is 2.02. The van der Waals surface area contributed by atoms with Gasteiger partial charge in [-0.05, 0) is 0 Å². The number of aromatic amines is 1. The van der Waals surface area contributed by atoms with Gasteiger partial charge in [-0.15, -0.1) is 0 Å². The fourth-order valence-electron chi connectivity index (χ4n) is 0.390. The molecule has 0 amide bonds. The summed E-state index contributed by atoms with van der Waals surface area (Å²) in [4.78, 5) is 10.5. The van der Waals surface area contributed by atoms with Crippen molar-refractivity contribution >= 4 is 18.6 Å². The van der Waals surface area contributed by atoms with Crippen LogP contribution in [0.25, 0.3) is 0 Å². The molecule has 0 saturated carbocycles. The van der Waals surface area contributed by atoms with E-state index in [9.17, 15) is 4.79 Å². The molecule has 54 valence electrons. The number of hydrogen-bond acceptors (Lipinski definition) is 5. The largest absolute Gasteiger partial charge is 0.403 e. The van der Waals surface area contributed by atoms with Gasteiger partial charge in [-0.25, -0.2) is 0 Å². The summed E-state index contributed by atoms with van der Waals surface area (Å²) in [5.41, 5.74) is 0. The smallest absolute Gasteiger partial charge is 0.322 e. The Morgan fingerprint density at radius 2 is 2.70 bits per heavy atom. The first-order valence-electron chi connectivity index (χ1n) is 2.51. The molecular formula is C4H5N3O2S. The summed E-state index contributed by atoms with van der Waals surface area (Å²) >= 11 is 3.69. The van der Waals surface area contributed by atoms with Crippen LogP contribution < -0.4 is 4.74 Å². The average molecular weight is 159 g/mol. The summed E-state index contributed by atoms with van der Waals surface area (Å²) in [7, 11) is 0. The number of thiol groups is 1. The summed E-state index contributed by atoms with van der Waals surface area (Å²) in [5, 5.41) is 9.15. The molecule has 0 aliphatic rings. The van der Waals surface area contributed by atoms with E-state index in [2.05, 4.69) is 32.8 Å². The minimum atomic E-state index is -0.447. The fraction of sp³-hybridized carbons (Fsp3) is 0.250. The molecule has 0 atom stereocenters. The summed E-state index contributed by atoms with van der Waals surface area (Å²) < 4.78 is 4.58. The van der Waals surface area contributed by atoms with E-state index >= 15 is 0 Å². The van der Waals surface area contributed by atoms with Gasteiger partial charge in [0.15, 0.2) is 0 Å². The van der Waals surface area contributed by atoms with E-state index in [1.807, 2.05) is 0 Å². The van der Waals surface area contributed by atoms with Crippen molar-refractivity contribution in [3.8, 4) is 5.88 Å². The molecule has 0 aliphatic heterocycles. The van der Waals surface area contributed by atoms with Gasteiger partial charge in [0.2, 0.25) is 0 Å². The Balaban J connectivity index is 2.48. The quantitative estimate of drug-likeness (QED) is 0.456. The van der Waals surface area contributed by atoms with Gasteiger partial charge in [-0.2, -0.15) is 12.6 Å². The van der Waals surface area contributed by atoms with Gasteiger partial charge in [0.25, 0.3) is 5.88 Å². The van der Waals surface area contributed by atoms with Crippen molar-refractivity contribution in [1.82, 2.24) is 15.4 Å². The van der Waals surface area contributed by atoms with Crippen molar-refractivity contribution in [3.63, 3.8) is 0 Å². The van der Waals surface area contributed by atoms with E-state index in [1.165, 1.54) is 6.20 Å². The summed E-state index contributed by atoms with van der Waals surface area (Å²) in [6, 6.07) is 0. The monoisotopic (exact) mass is 159 g/mol. The lowest BCUT2D eigenvalue weighted by atomic mass is 10.7. The zero-order chi connectivity index (χ0) is 7.40. The Kier molecular flexibility index (Phi) is 2.27. The highest BCUT2D eigenvalue weighted by Crippen LogP contribution is 1.99. The van der Waals surface area contributed by atoms with Gasteiger partial charge in [0.05, 0.1) is 11.9 Å². The van der Waals surface area contributed by atoms with Crippen LogP contribution in [0.4, 0.5) is 0 Å². The van der Waals surface area contributed by atoms with Crippen molar-refractivity contribution in [3.05, 3.63) is 6.20 Å². The van der Waals surface area contributed by atoms with Crippen LogP contribution >= 0.6 is 12.6 Å². The number of rotatable bonds is 2. The van der Waals surface area contributed by atoms with Crippen LogP contribution in [0.3, 0.4) is 0 Å². The van der Waals surface area contributed by atoms with Crippen molar-refractivity contribution in [2.45, 2.75) is 0 Å². The number of nitrogens with one attached hydrogen (secondary N) is 1. The highest BCUT2D eigenvalue weighted by atomic mass is 32.1. The standard InChI is InChI=1S/C4H5N3O2S/c8-4(2-10)9-3-1-5-7-6-3/h1,10H,2H2,(H,5,6,7). The first-order chi connectivity index (χ1) is 4.83. The molecule has 5 nitrogen and oxygen atoms in total. The first-order valence-corrected chi connectivity index (χ1v) is 3.14. The van der Waals surface area contributed by atoms with Crippen molar-refractivity contribution in [2.75, 3.05) is 5.75 Å². The second-order valence-corrected chi connectivity index (χ2v) is 1.76. The molecule has 1 heterocycles. The number of esters is 1. The van der Waals surface area contributed by atoms with Crippen LogP contribution in [0.2, 0.25) is 0 Å². The van der Waals surface area contributed by atoms with E-state index in [0.717, 1.165) is 0 Å². The zero-order valence-electron chi connectivity index (χ0n) is 4.94. The number of hydrogen-bond donors (Lipinski definition) is 2. The SMILES string of the molecule is O=C(CS)Oc1c[nH]nn1. The molecule has 10 heavy (non-hydrogen) atoms. The van der Waals surface area contributed by atoms with Crippen LogP contribution in [0.15, 0.2) is 6.20 Å².